The number of nitrogens with zero attached hydrogens (tertiary/aromatic N) is 4. The van der Waals surface area contributed by atoms with E-state index in [2.05, 4.69) is 28.2 Å². The maximum absolute atomic E-state index is 13.1. The van der Waals surface area contributed by atoms with E-state index in [1.165, 1.54) is 5.56 Å². The molecule has 0 radical (unpaired) electrons. The van der Waals surface area contributed by atoms with Gasteiger partial charge in [0.15, 0.2) is 0 Å². The van der Waals surface area contributed by atoms with Crippen molar-refractivity contribution < 1.29 is 4.79 Å². The molecule has 0 bridgehead atoms. The van der Waals surface area contributed by atoms with E-state index in [1.807, 2.05) is 43.9 Å². The van der Waals surface area contributed by atoms with Crippen molar-refractivity contribution in [1.29, 1.82) is 0 Å². The SMILES string of the molecule is Cc1cc(Cc2ccccc2Cl)cc(C2CCCN(C(=O)c3cnc(C)nc3C)C2)n1. The minimum absolute atomic E-state index is 0.00569. The fourth-order valence-electron chi connectivity index (χ4n) is 4.31. The third-order valence-electron chi connectivity index (χ3n) is 5.84. The van der Waals surface area contributed by atoms with Gasteiger partial charge in [0.2, 0.25) is 0 Å². The topological polar surface area (TPSA) is 59.0 Å². The van der Waals surface area contributed by atoms with Crippen LogP contribution in [0, 0.1) is 20.8 Å². The Morgan fingerprint density at radius 1 is 1.16 bits per heavy atom. The van der Waals surface area contributed by atoms with Gasteiger partial charge in [0, 0.05) is 41.6 Å². The van der Waals surface area contributed by atoms with Crippen LogP contribution >= 0.6 is 11.6 Å². The van der Waals surface area contributed by atoms with Crippen molar-refractivity contribution in [3.8, 4) is 0 Å². The summed E-state index contributed by atoms with van der Waals surface area (Å²) < 4.78 is 0. The monoisotopic (exact) mass is 434 g/mol. The van der Waals surface area contributed by atoms with Crippen LogP contribution in [0.2, 0.25) is 5.02 Å². The molecule has 0 spiro atoms. The van der Waals surface area contributed by atoms with Crippen LogP contribution in [0.3, 0.4) is 0 Å². The lowest BCUT2D eigenvalue weighted by molar-refractivity contribution is 0.0704. The summed E-state index contributed by atoms with van der Waals surface area (Å²) in [6.45, 7) is 7.14. The lowest BCUT2D eigenvalue weighted by atomic mass is 9.92. The zero-order chi connectivity index (χ0) is 22.0. The predicted molar refractivity (Wildman–Crippen MR) is 123 cm³/mol. The largest absolute Gasteiger partial charge is 0.338 e. The van der Waals surface area contributed by atoms with Gasteiger partial charge in [-0.2, -0.15) is 0 Å². The molecule has 3 heterocycles. The molecule has 4 rings (SSSR count). The molecule has 1 atom stereocenters. The smallest absolute Gasteiger partial charge is 0.257 e. The van der Waals surface area contributed by atoms with Gasteiger partial charge in [0.05, 0.1) is 11.3 Å². The van der Waals surface area contributed by atoms with Gasteiger partial charge in [-0.05, 0) is 69.4 Å². The molecule has 1 aliphatic heterocycles. The standard InChI is InChI=1S/C25H27ClN4O/c1-16-11-19(12-20-7-4-5-9-23(20)26)13-24(28-16)21-8-6-10-30(15-21)25(31)22-14-27-18(3)29-17(22)2/h4-5,7,9,11,13-14,21H,6,8,10,12,15H2,1-3H3. The molecule has 6 heteroatoms. The number of benzene rings is 1. The highest BCUT2D eigenvalue weighted by Crippen LogP contribution is 2.29. The summed E-state index contributed by atoms with van der Waals surface area (Å²) in [7, 11) is 0. The second-order valence-corrected chi connectivity index (χ2v) is 8.72. The third kappa shape index (κ3) is 4.93. The Hall–Kier alpha value is -2.79. The van der Waals surface area contributed by atoms with E-state index in [0.717, 1.165) is 53.5 Å². The number of carbonyl (C=O) groups excluding carboxylic acids is 1. The molecule has 160 valence electrons. The van der Waals surface area contributed by atoms with Crippen LogP contribution in [-0.2, 0) is 6.42 Å². The van der Waals surface area contributed by atoms with Crippen molar-refractivity contribution in [2.45, 2.75) is 46.0 Å². The van der Waals surface area contributed by atoms with E-state index in [0.29, 0.717) is 17.9 Å². The summed E-state index contributed by atoms with van der Waals surface area (Å²) in [5, 5.41) is 0.781. The van der Waals surface area contributed by atoms with Crippen molar-refractivity contribution in [3.63, 3.8) is 0 Å². The molecule has 1 saturated heterocycles. The second-order valence-electron chi connectivity index (χ2n) is 8.32. The first-order valence-electron chi connectivity index (χ1n) is 10.7. The van der Waals surface area contributed by atoms with Crippen molar-refractivity contribution >= 4 is 17.5 Å². The Morgan fingerprint density at radius 3 is 2.74 bits per heavy atom. The number of aromatic nitrogens is 3. The van der Waals surface area contributed by atoms with Crippen LogP contribution in [-0.4, -0.2) is 38.8 Å². The van der Waals surface area contributed by atoms with E-state index < -0.39 is 0 Å². The zero-order valence-electron chi connectivity index (χ0n) is 18.2. The van der Waals surface area contributed by atoms with Crippen LogP contribution in [0.5, 0.6) is 0 Å². The third-order valence-corrected chi connectivity index (χ3v) is 6.21. The maximum atomic E-state index is 13.1. The Kier molecular flexibility index (Phi) is 6.33. The summed E-state index contributed by atoms with van der Waals surface area (Å²) >= 11 is 6.37. The summed E-state index contributed by atoms with van der Waals surface area (Å²) in [5.74, 6) is 0.904. The molecule has 2 aromatic heterocycles. The number of aryl methyl sites for hydroxylation is 3. The van der Waals surface area contributed by atoms with Crippen LogP contribution in [0.15, 0.2) is 42.6 Å². The number of hydrogen-bond donors (Lipinski definition) is 0. The summed E-state index contributed by atoms with van der Waals surface area (Å²) in [5.41, 5.74) is 5.67. The average molecular weight is 435 g/mol. The van der Waals surface area contributed by atoms with Gasteiger partial charge in [-0.3, -0.25) is 9.78 Å². The van der Waals surface area contributed by atoms with Crippen molar-refractivity contribution in [2.75, 3.05) is 13.1 Å². The number of hydrogen-bond acceptors (Lipinski definition) is 4. The Morgan fingerprint density at radius 2 is 1.97 bits per heavy atom. The minimum Gasteiger partial charge on any atom is -0.338 e. The lowest BCUT2D eigenvalue weighted by Crippen LogP contribution is -2.39. The molecule has 1 unspecified atom stereocenters. The van der Waals surface area contributed by atoms with E-state index in [9.17, 15) is 4.79 Å². The molecular formula is C25H27ClN4O. The fourth-order valence-corrected chi connectivity index (χ4v) is 4.51. The highest BCUT2D eigenvalue weighted by Gasteiger charge is 2.28. The maximum Gasteiger partial charge on any atom is 0.257 e. The van der Waals surface area contributed by atoms with Crippen LogP contribution in [0.4, 0.5) is 0 Å². The molecule has 3 aromatic rings. The molecule has 1 fully saturated rings. The number of rotatable bonds is 4. The van der Waals surface area contributed by atoms with Crippen LogP contribution < -0.4 is 0 Å². The summed E-state index contributed by atoms with van der Waals surface area (Å²) in [6.07, 6.45) is 4.40. The van der Waals surface area contributed by atoms with Crippen molar-refractivity contribution in [2.24, 2.45) is 0 Å². The second kappa shape index (κ2) is 9.15. The van der Waals surface area contributed by atoms with Gasteiger partial charge in [-0.15, -0.1) is 0 Å². The van der Waals surface area contributed by atoms with E-state index in [-0.39, 0.29) is 11.8 Å². The highest BCUT2D eigenvalue weighted by atomic mass is 35.5. The number of halogens is 1. The van der Waals surface area contributed by atoms with Crippen LogP contribution in [0.25, 0.3) is 0 Å². The average Bonchev–Trinajstić information content (AvgIpc) is 2.75. The van der Waals surface area contributed by atoms with Gasteiger partial charge < -0.3 is 4.90 Å². The van der Waals surface area contributed by atoms with E-state index in [1.54, 1.807) is 6.20 Å². The number of likely N-dealkylation sites (tertiary alicyclic amines) is 1. The summed E-state index contributed by atoms with van der Waals surface area (Å²) in [6, 6.07) is 12.2. The number of piperidine rings is 1. The molecule has 1 aromatic carbocycles. The first-order chi connectivity index (χ1) is 14.9. The normalized spacial score (nSPS) is 16.4. The van der Waals surface area contributed by atoms with E-state index >= 15 is 0 Å². The number of carbonyl (C=O) groups is 1. The van der Waals surface area contributed by atoms with Gasteiger partial charge in [-0.25, -0.2) is 9.97 Å². The van der Waals surface area contributed by atoms with Gasteiger partial charge >= 0.3 is 0 Å². The first-order valence-corrected chi connectivity index (χ1v) is 11.1. The molecule has 5 nitrogen and oxygen atoms in total. The Bertz CT molecular complexity index is 1110. The predicted octanol–water partition coefficient (Wildman–Crippen LogP) is 5.06. The molecule has 0 N–H and O–H groups in total. The van der Waals surface area contributed by atoms with Crippen molar-refractivity contribution in [3.05, 3.63) is 87.2 Å². The van der Waals surface area contributed by atoms with Crippen molar-refractivity contribution in [1.82, 2.24) is 19.9 Å². The lowest BCUT2D eigenvalue weighted by Gasteiger charge is -2.33. The Labute approximate surface area is 188 Å². The zero-order valence-corrected chi connectivity index (χ0v) is 19.0. The van der Waals surface area contributed by atoms with Gasteiger partial charge in [0.1, 0.15) is 5.82 Å². The minimum atomic E-state index is 0.00569. The van der Waals surface area contributed by atoms with Crippen LogP contribution in [0.1, 0.15) is 63.2 Å². The number of pyridine rings is 1. The fraction of sp³-hybridized carbons (Fsp3) is 0.360. The summed E-state index contributed by atoms with van der Waals surface area (Å²) in [4.78, 5) is 28.5. The molecule has 0 aliphatic carbocycles. The molecular weight excluding hydrogens is 408 g/mol. The molecule has 1 amide bonds. The Balaban J connectivity index is 1.55. The molecule has 1 aliphatic rings. The number of amides is 1. The van der Waals surface area contributed by atoms with E-state index in [4.69, 9.17) is 16.6 Å². The van der Waals surface area contributed by atoms with Gasteiger partial charge in [-0.1, -0.05) is 29.8 Å². The molecule has 31 heavy (non-hydrogen) atoms. The molecule has 0 saturated carbocycles. The first kappa shape index (κ1) is 21.4. The van der Waals surface area contributed by atoms with Gasteiger partial charge in [0.25, 0.3) is 5.91 Å². The quantitative estimate of drug-likeness (QED) is 0.575. The highest BCUT2D eigenvalue weighted by molar-refractivity contribution is 6.31.